The van der Waals surface area contributed by atoms with Crippen molar-refractivity contribution in [1.82, 2.24) is 0 Å². The van der Waals surface area contributed by atoms with Gasteiger partial charge in [0, 0.05) is 9.49 Å². The normalized spacial score (nSPS) is 43.2. The fourth-order valence-electron chi connectivity index (χ4n) is 9.68. The zero-order valence-corrected chi connectivity index (χ0v) is 21.5. The van der Waals surface area contributed by atoms with E-state index in [1.165, 1.54) is 77.0 Å². The third-order valence-electron chi connectivity index (χ3n) is 9.98. The molecule has 0 aliphatic heterocycles. The van der Waals surface area contributed by atoms with Gasteiger partial charge in [-0.25, -0.2) is 0 Å². The Balaban J connectivity index is 1.01. The first kappa shape index (κ1) is 22.1. The van der Waals surface area contributed by atoms with Crippen molar-refractivity contribution in [2.45, 2.75) is 86.5 Å². The highest BCUT2D eigenvalue weighted by atomic mass is 32.2. The Morgan fingerprint density at radius 2 is 0.882 bits per heavy atom. The van der Waals surface area contributed by atoms with Crippen LogP contribution in [0.25, 0.3) is 0 Å². The molecule has 0 heterocycles. The SMILES string of the molecule is O=C(Nc1ccccc1NC(=O)SC12CC3CC(CC(C3)C1)C2)SC12CC3CC(CC(C3)C1)C2. The maximum absolute atomic E-state index is 13.2. The zero-order chi connectivity index (χ0) is 22.9. The molecule has 0 saturated heterocycles. The Morgan fingerprint density at radius 3 is 1.18 bits per heavy atom. The van der Waals surface area contributed by atoms with Gasteiger partial charge in [0.05, 0.1) is 11.4 Å². The number of hydrogen-bond acceptors (Lipinski definition) is 4. The van der Waals surface area contributed by atoms with Gasteiger partial charge in [-0.15, -0.1) is 0 Å². The van der Waals surface area contributed by atoms with Crippen LogP contribution in [0.15, 0.2) is 24.3 Å². The molecule has 8 fully saturated rings. The van der Waals surface area contributed by atoms with Crippen molar-refractivity contribution >= 4 is 45.4 Å². The number of para-hydroxylation sites is 2. The van der Waals surface area contributed by atoms with Crippen LogP contribution in [0.5, 0.6) is 0 Å². The lowest BCUT2D eigenvalue weighted by molar-refractivity contribution is 0.0385. The lowest BCUT2D eigenvalue weighted by Crippen LogP contribution is -2.49. The van der Waals surface area contributed by atoms with Gasteiger partial charge in [-0.3, -0.25) is 9.59 Å². The quantitative estimate of drug-likeness (QED) is 0.441. The first-order chi connectivity index (χ1) is 16.4. The molecule has 34 heavy (non-hydrogen) atoms. The summed E-state index contributed by atoms with van der Waals surface area (Å²) in [6.07, 6.45) is 15.6. The van der Waals surface area contributed by atoms with Crippen LogP contribution in [0.4, 0.5) is 21.0 Å². The monoisotopic (exact) mass is 496 g/mol. The molecule has 1 aromatic carbocycles. The molecule has 0 spiro atoms. The van der Waals surface area contributed by atoms with E-state index in [1.807, 2.05) is 24.3 Å². The topological polar surface area (TPSA) is 58.2 Å². The first-order valence-electron chi connectivity index (χ1n) is 13.5. The summed E-state index contributed by atoms with van der Waals surface area (Å²) < 4.78 is 0.288. The Bertz CT molecular complexity index is 858. The number of hydrogen-bond donors (Lipinski definition) is 2. The van der Waals surface area contributed by atoms with Crippen molar-refractivity contribution in [2.24, 2.45) is 35.5 Å². The maximum atomic E-state index is 13.2. The van der Waals surface area contributed by atoms with Gasteiger partial charge in [-0.2, -0.15) is 0 Å². The molecule has 8 aliphatic rings. The number of carbonyl (C=O) groups is 2. The number of amides is 2. The zero-order valence-electron chi connectivity index (χ0n) is 19.9. The van der Waals surface area contributed by atoms with E-state index < -0.39 is 0 Å². The van der Waals surface area contributed by atoms with Crippen LogP contribution in [0, 0.1) is 35.5 Å². The molecule has 8 bridgehead atoms. The van der Waals surface area contributed by atoms with Gasteiger partial charge in [0.1, 0.15) is 0 Å². The van der Waals surface area contributed by atoms with Gasteiger partial charge in [0.2, 0.25) is 0 Å². The van der Waals surface area contributed by atoms with Crippen molar-refractivity contribution < 1.29 is 9.59 Å². The highest BCUT2D eigenvalue weighted by molar-refractivity contribution is 8.15. The number of thioether (sulfide) groups is 2. The summed E-state index contributed by atoms with van der Waals surface area (Å²) in [6, 6.07) is 7.71. The van der Waals surface area contributed by atoms with Crippen molar-refractivity contribution in [1.29, 1.82) is 0 Å². The Labute approximate surface area is 211 Å². The smallest absolute Gasteiger partial charge is 0.284 e. The number of benzene rings is 1. The van der Waals surface area contributed by atoms with E-state index in [1.54, 1.807) is 23.5 Å². The molecule has 1 aromatic rings. The lowest BCUT2D eigenvalue weighted by Gasteiger charge is -2.56. The van der Waals surface area contributed by atoms with Gasteiger partial charge in [0.15, 0.2) is 0 Å². The average molecular weight is 497 g/mol. The number of nitrogens with one attached hydrogen (secondary N) is 2. The predicted molar refractivity (Wildman–Crippen MR) is 141 cm³/mol. The van der Waals surface area contributed by atoms with E-state index in [2.05, 4.69) is 10.6 Å². The summed E-state index contributed by atoms with van der Waals surface area (Å²) in [5.74, 6) is 5.00. The second-order valence-corrected chi connectivity index (χ2v) is 15.7. The van der Waals surface area contributed by atoms with Crippen molar-refractivity contribution in [3.05, 3.63) is 24.3 Å². The van der Waals surface area contributed by atoms with Gasteiger partial charge >= 0.3 is 0 Å². The van der Waals surface area contributed by atoms with E-state index in [9.17, 15) is 9.59 Å². The fourth-order valence-corrected chi connectivity index (χ4v) is 12.7. The molecule has 4 nitrogen and oxygen atoms in total. The minimum Gasteiger partial charge on any atom is -0.315 e. The predicted octanol–water partition coefficient (Wildman–Crippen LogP) is 8.15. The summed E-state index contributed by atoms with van der Waals surface area (Å²) in [6.45, 7) is 0. The highest BCUT2D eigenvalue weighted by Gasteiger charge is 2.53. The molecule has 182 valence electrons. The van der Waals surface area contributed by atoms with E-state index in [0.29, 0.717) is 0 Å². The molecule has 0 aromatic heterocycles. The molecular formula is C28H36N2O2S2. The van der Waals surface area contributed by atoms with Gasteiger partial charge in [-0.05, 0) is 125 Å². The number of carbonyl (C=O) groups excluding carboxylic acids is 2. The summed E-state index contributed by atoms with van der Waals surface area (Å²) in [4.78, 5) is 26.3. The molecule has 9 rings (SSSR count). The summed E-state index contributed by atoms with van der Waals surface area (Å²) in [5.41, 5.74) is 1.45. The summed E-state index contributed by atoms with van der Waals surface area (Å²) in [7, 11) is 0. The van der Waals surface area contributed by atoms with E-state index in [4.69, 9.17) is 0 Å². The van der Waals surface area contributed by atoms with Crippen LogP contribution in [0.3, 0.4) is 0 Å². The molecule has 6 heteroatoms. The molecular weight excluding hydrogens is 460 g/mol. The standard InChI is InChI=1S/C28H36N2O2S2/c31-25(33-27-11-17-5-18(12-27)7-19(6-17)13-27)29-23-3-1-2-4-24(23)30-26(32)34-28-14-20-8-21(15-28)10-22(9-20)16-28/h1-4,17-22H,5-16H2,(H,29,31)(H,30,32). The van der Waals surface area contributed by atoms with Crippen LogP contribution in [-0.4, -0.2) is 20.0 Å². The molecule has 2 amide bonds. The van der Waals surface area contributed by atoms with E-state index >= 15 is 0 Å². The number of rotatable bonds is 4. The summed E-state index contributed by atoms with van der Waals surface area (Å²) in [5, 5.41) is 6.38. The van der Waals surface area contributed by atoms with Crippen LogP contribution in [0.1, 0.15) is 77.0 Å². The van der Waals surface area contributed by atoms with Crippen molar-refractivity contribution in [2.75, 3.05) is 10.6 Å². The number of anilines is 2. The third kappa shape index (κ3) is 4.11. The van der Waals surface area contributed by atoms with Crippen LogP contribution >= 0.6 is 23.5 Å². The maximum Gasteiger partial charge on any atom is 0.284 e. The Hall–Kier alpha value is -1.14. The molecule has 8 saturated carbocycles. The summed E-state index contributed by atoms with van der Waals surface area (Å²) >= 11 is 3.11. The molecule has 0 atom stereocenters. The average Bonchev–Trinajstić information content (AvgIpc) is 2.72. The minimum absolute atomic E-state index is 0.0392. The van der Waals surface area contributed by atoms with Crippen LogP contribution < -0.4 is 10.6 Å². The van der Waals surface area contributed by atoms with Gasteiger partial charge < -0.3 is 10.6 Å². The van der Waals surface area contributed by atoms with Crippen LogP contribution in [-0.2, 0) is 0 Å². The molecule has 0 unspecified atom stereocenters. The van der Waals surface area contributed by atoms with E-state index in [-0.39, 0.29) is 20.0 Å². The van der Waals surface area contributed by atoms with E-state index in [0.717, 1.165) is 46.9 Å². The van der Waals surface area contributed by atoms with Gasteiger partial charge in [-0.1, -0.05) is 35.7 Å². The largest absolute Gasteiger partial charge is 0.315 e. The minimum atomic E-state index is 0.0392. The van der Waals surface area contributed by atoms with Crippen molar-refractivity contribution in [3.63, 3.8) is 0 Å². The second-order valence-electron chi connectivity index (χ2n) is 12.8. The highest BCUT2D eigenvalue weighted by Crippen LogP contribution is 2.62. The van der Waals surface area contributed by atoms with Crippen molar-refractivity contribution in [3.8, 4) is 0 Å². The third-order valence-corrected chi connectivity index (χ3v) is 12.4. The Morgan fingerprint density at radius 1 is 0.588 bits per heavy atom. The lowest BCUT2D eigenvalue weighted by atomic mass is 9.56. The molecule has 0 radical (unpaired) electrons. The van der Waals surface area contributed by atoms with Crippen LogP contribution in [0.2, 0.25) is 0 Å². The fraction of sp³-hybridized carbons (Fsp3) is 0.714. The molecule has 8 aliphatic carbocycles. The van der Waals surface area contributed by atoms with Gasteiger partial charge in [0.25, 0.3) is 10.5 Å². The molecule has 2 N–H and O–H groups in total. The Kier molecular flexibility index (Phi) is 5.32. The first-order valence-corrected chi connectivity index (χ1v) is 15.2. The second kappa shape index (κ2) is 8.19.